The van der Waals surface area contributed by atoms with Crippen LogP contribution in [-0.2, 0) is 16.0 Å². The largest absolute Gasteiger partial charge is 0.494 e. The maximum absolute atomic E-state index is 13.7. The number of amides is 2. The summed E-state index contributed by atoms with van der Waals surface area (Å²) in [5, 5.41) is 2.79. The molecule has 0 bridgehead atoms. The first-order valence-corrected chi connectivity index (χ1v) is 9.59. The minimum atomic E-state index is -0.443. The number of piperidine rings is 1. The normalized spacial score (nSPS) is 16.3. The maximum Gasteiger partial charge on any atom is 0.224 e. The molecule has 1 aromatic heterocycles. The van der Waals surface area contributed by atoms with Crippen molar-refractivity contribution in [1.82, 2.24) is 4.98 Å². The first-order valence-electron chi connectivity index (χ1n) is 9.59. The van der Waals surface area contributed by atoms with Gasteiger partial charge in [-0.2, -0.15) is 0 Å². The zero-order chi connectivity index (χ0) is 20.8. The van der Waals surface area contributed by atoms with Crippen LogP contribution in [0.3, 0.4) is 0 Å². The van der Waals surface area contributed by atoms with Crippen LogP contribution in [0.15, 0.2) is 36.5 Å². The third-order valence-corrected chi connectivity index (χ3v) is 5.04. The lowest BCUT2D eigenvalue weighted by Gasteiger charge is -2.32. The standard InChI is InChI=1S/C21H25FN4O3/c1-29-18-7-4-14(11-17(18)22)5-9-20(27)25-16-6-8-19(24-12-16)26-10-2-3-15(13-26)21(23)28/h4,6-8,11-12,15H,2-3,5,9-10,13H2,1H3,(H2,23,28)(H,25,27). The second kappa shape index (κ2) is 9.36. The van der Waals surface area contributed by atoms with Gasteiger partial charge in [-0.1, -0.05) is 6.07 Å². The molecule has 2 amide bonds. The van der Waals surface area contributed by atoms with Crippen LogP contribution in [0.4, 0.5) is 15.9 Å². The molecule has 0 aliphatic carbocycles. The van der Waals surface area contributed by atoms with Crippen molar-refractivity contribution in [3.8, 4) is 5.75 Å². The predicted molar refractivity (Wildman–Crippen MR) is 108 cm³/mol. The van der Waals surface area contributed by atoms with Gasteiger partial charge in [-0.05, 0) is 49.1 Å². The summed E-state index contributed by atoms with van der Waals surface area (Å²) in [6, 6.07) is 8.26. The SMILES string of the molecule is COc1ccc(CCC(=O)Nc2ccc(N3CCCC(C(N)=O)C3)nc2)cc1F. The number of nitrogens with zero attached hydrogens (tertiary/aromatic N) is 2. The summed E-state index contributed by atoms with van der Waals surface area (Å²) in [5.41, 5.74) is 6.73. The lowest BCUT2D eigenvalue weighted by atomic mass is 9.97. The van der Waals surface area contributed by atoms with Crippen LogP contribution in [0.5, 0.6) is 5.75 Å². The molecule has 0 saturated carbocycles. The van der Waals surface area contributed by atoms with Crippen LogP contribution in [0.1, 0.15) is 24.8 Å². The van der Waals surface area contributed by atoms with E-state index in [2.05, 4.69) is 10.3 Å². The Morgan fingerprint density at radius 1 is 1.34 bits per heavy atom. The van der Waals surface area contributed by atoms with Gasteiger partial charge in [-0.15, -0.1) is 0 Å². The van der Waals surface area contributed by atoms with E-state index in [9.17, 15) is 14.0 Å². The van der Waals surface area contributed by atoms with E-state index in [-0.39, 0.29) is 29.9 Å². The Kier molecular flexibility index (Phi) is 6.64. The Balaban J connectivity index is 1.52. The van der Waals surface area contributed by atoms with E-state index in [1.807, 2.05) is 11.0 Å². The highest BCUT2D eigenvalue weighted by Gasteiger charge is 2.24. The van der Waals surface area contributed by atoms with Crippen LogP contribution in [0, 0.1) is 11.7 Å². The van der Waals surface area contributed by atoms with E-state index in [0.29, 0.717) is 18.7 Å². The fraction of sp³-hybridized carbons (Fsp3) is 0.381. The average Bonchev–Trinajstić information content (AvgIpc) is 2.73. The topological polar surface area (TPSA) is 97.5 Å². The van der Waals surface area contributed by atoms with Gasteiger partial charge in [-0.3, -0.25) is 9.59 Å². The third-order valence-electron chi connectivity index (χ3n) is 5.04. The number of carbonyl (C=O) groups is 2. The molecule has 2 heterocycles. The molecule has 1 aliphatic rings. The number of hydrogen-bond donors (Lipinski definition) is 2. The molecule has 1 unspecified atom stereocenters. The zero-order valence-corrected chi connectivity index (χ0v) is 16.4. The molecule has 2 aromatic rings. The Morgan fingerprint density at radius 2 is 2.17 bits per heavy atom. The molecular formula is C21H25FN4O3. The highest BCUT2D eigenvalue weighted by Crippen LogP contribution is 2.23. The molecule has 0 radical (unpaired) electrons. The fourth-order valence-electron chi connectivity index (χ4n) is 3.41. The molecule has 1 aliphatic heterocycles. The molecule has 29 heavy (non-hydrogen) atoms. The van der Waals surface area contributed by atoms with Gasteiger partial charge in [0.1, 0.15) is 5.82 Å². The second-order valence-electron chi connectivity index (χ2n) is 7.11. The summed E-state index contributed by atoms with van der Waals surface area (Å²) in [6.07, 6.45) is 3.92. The van der Waals surface area contributed by atoms with Crippen molar-refractivity contribution in [2.24, 2.45) is 11.7 Å². The van der Waals surface area contributed by atoms with Gasteiger partial charge >= 0.3 is 0 Å². The molecule has 1 fully saturated rings. The number of nitrogens with one attached hydrogen (secondary N) is 1. The predicted octanol–water partition coefficient (Wildman–Crippen LogP) is 2.50. The number of benzene rings is 1. The molecule has 3 rings (SSSR count). The van der Waals surface area contributed by atoms with Crippen LogP contribution < -0.4 is 20.7 Å². The average molecular weight is 400 g/mol. The summed E-state index contributed by atoms with van der Waals surface area (Å²) in [6.45, 7) is 1.38. The van der Waals surface area contributed by atoms with Crippen LogP contribution in [-0.4, -0.2) is 37.0 Å². The minimum Gasteiger partial charge on any atom is -0.494 e. The van der Waals surface area contributed by atoms with Gasteiger partial charge in [0.05, 0.1) is 24.9 Å². The van der Waals surface area contributed by atoms with Crippen molar-refractivity contribution in [3.05, 3.63) is 47.9 Å². The first kappa shape index (κ1) is 20.6. The second-order valence-corrected chi connectivity index (χ2v) is 7.11. The molecule has 7 nitrogen and oxygen atoms in total. The summed E-state index contributed by atoms with van der Waals surface area (Å²) in [7, 11) is 1.41. The van der Waals surface area contributed by atoms with Crippen molar-refractivity contribution in [2.45, 2.75) is 25.7 Å². The number of nitrogens with two attached hydrogens (primary N) is 1. The van der Waals surface area contributed by atoms with Crippen LogP contribution in [0.25, 0.3) is 0 Å². The highest BCUT2D eigenvalue weighted by molar-refractivity contribution is 5.90. The molecular weight excluding hydrogens is 375 g/mol. The number of aromatic nitrogens is 1. The number of ether oxygens (including phenoxy) is 1. The highest BCUT2D eigenvalue weighted by atomic mass is 19.1. The van der Waals surface area contributed by atoms with E-state index in [1.54, 1.807) is 24.4 Å². The van der Waals surface area contributed by atoms with E-state index in [1.165, 1.54) is 13.2 Å². The summed E-state index contributed by atoms with van der Waals surface area (Å²) >= 11 is 0. The van der Waals surface area contributed by atoms with Crippen molar-refractivity contribution in [1.29, 1.82) is 0 Å². The van der Waals surface area contributed by atoms with Gasteiger partial charge in [0.15, 0.2) is 11.6 Å². The molecule has 1 saturated heterocycles. The smallest absolute Gasteiger partial charge is 0.224 e. The van der Waals surface area contributed by atoms with Crippen molar-refractivity contribution in [3.63, 3.8) is 0 Å². The number of rotatable bonds is 7. The molecule has 3 N–H and O–H groups in total. The van der Waals surface area contributed by atoms with Gasteiger partial charge in [0.25, 0.3) is 0 Å². The number of primary amides is 1. The van der Waals surface area contributed by atoms with E-state index >= 15 is 0 Å². The summed E-state index contributed by atoms with van der Waals surface area (Å²) in [4.78, 5) is 30.0. The van der Waals surface area contributed by atoms with Crippen molar-refractivity contribution < 1.29 is 18.7 Å². The van der Waals surface area contributed by atoms with Crippen molar-refractivity contribution >= 4 is 23.3 Å². The van der Waals surface area contributed by atoms with E-state index < -0.39 is 5.82 Å². The summed E-state index contributed by atoms with van der Waals surface area (Å²) < 4.78 is 18.6. The fourth-order valence-corrected chi connectivity index (χ4v) is 3.41. The van der Waals surface area contributed by atoms with Gasteiger partial charge in [0.2, 0.25) is 11.8 Å². The van der Waals surface area contributed by atoms with Gasteiger partial charge in [0, 0.05) is 19.5 Å². The maximum atomic E-state index is 13.7. The Bertz CT molecular complexity index is 873. The van der Waals surface area contributed by atoms with Gasteiger partial charge in [-0.25, -0.2) is 9.37 Å². The molecule has 8 heteroatoms. The molecule has 154 valence electrons. The number of halogens is 1. The lowest BCUT2D eigenvalue weighted by Crippen LogP contribution is -2.41. The first-order chi connectivity index (χ1) is 14.0. The number of hydrogen-bond acceptors (Lipinski definition) is 5. The Morgan fingerprint density at radius 3 is 2.83 bits per heavy atom. The number of anilines is 2. The van der Waals surface area contributed by atoms with E-state index in [4.69, 9.17) is 10.5 Å². The number of carbonyl (C=O) groups excluding carboxylic acids is 2. The van der Waals surface area contributed by atoms with E-state index in [0.717, 1.165) is 30.8 Å². The molecule has 1 aromatic carbocycles. The quantitative estimate of drug-likeness (QED) is 0.744. The Hall–Kier alpha value is -3.16. The van der Waals surface area contributed by atoms with Gasteiger partial charge < -0.3 is 20.7 Å². The lowest BCUT2D eigenvalue weighted by molar-refractivity contribution is -0.122. The monoisotopic (exact) mass is 400 g/mol. The Labute approximate surface area is 169 Å². The van der Waals surface area contributed by atoms with Crippen LogP contribution in [0.2, 0.25) is 0 Å². The third kappa shape index (κ3) is 5.43. The molecule has 1 atom stereocenters. The number of aryl methyl sites for hydroxylation is 1. The zero-order valence-electron chi connectivity index (χ0n) is 16.4. The number of pyridine rings is 1. The minimum absolute atomic E-state index is 0.160. The molecule has 0 spiro atoms. The van der Waals surface area contributed by atoms with Crippen LogP contribution >= 0.6 is 0 Å². The van der Waals surface area contributed by atoms with Crippen molar-refractivity contribution in [2.75, 3.05) is 30.4 Å². The number of methoxy groups -OCH3 is 1. The summed E-state index contributed by atoms with van der Waals surface area (Å²) in [5.74, 6) is -0.130.